The number of hydrogen-bond donors (Lipinski definition) is 2. The molecule has 27 heavy (non-hydrogen) atoms. The van der Waals surface area contributed by atoms with Crippen LogP contribution < -0.4 is 5.32 Å². The van der Waals surface area contributed by atoms with Gasteiger partial charge < -0.3 is 15.2 Å². The van der Waals surface area contributed by atoms with Crippen LogP contribution in [0.15, 0.2) is 30.4 Å². The number of rotatable bonds is 8. The van der Waals surface area contributed by atoms with Crippen molar-refractivity contribution >= 4 is 0 Å². The van der Waals surface area contributed by atoms with Gasteiger partial charge in [-0.15, -0.1) is 0 Å². The van der Waals surface area contributed by atoms with Crippen LogP contribution in [-0.2, 0) is 10.3 Å². The summed E-state index contributed by atoms with van der Waals surface area (Å²) in [4.78, 5) is 0. The minimum absolute atomic E-state index is 0.0667. The third-order valence-corrected chi connectivity index (χ3v) is 6.27. The lowest BCUT2D eigenvalue weighted by Gasteiger charge is -2.41. The maximum Gasteiger partial charge on any atom is 0.127 e. The van der Waals surface area contributed by atoms with Gasteiger partial charge in [-0.2, -0.15) is 0 Å². The number of nitrogens with one attached hydrogen (secondary N) is 1. The summed E-state index contributed by atoms with van der Waals surface area (Å²) in [6.07, 6.45) is 11.8. The SMILES string of the molecule is COCCCC[C@@](O)(c1cccc(F)c1C1C=CCCC1)C1CCCNC1. The van der Waals surface area contributed by atoms with E-state index in [9.17, 15) is 9.50 Å². The van der Waals surface area contributed by atoms with Crippen LogP contribution in [-0.4, -0.2) is 31.9 Å². The fraction of sp³-hybridized carbons (Fsp3) is 0.652. The third-order valence-electron chi connectivity index (χ3n) is 6.27. The molecule has 2 N–H and O–H groups in total. The van der Waals surface area contributed by atoms with Crippen LogP contribution >= 0.6 is 0 Å². The molecule has 4 heteroatoms. The van der Waals surface area contributed by atoms with Gasteiger partial charge in [0, 0.05) is 37.7 Å². The second-order valence-electron chi connectivity index (χ2n) is 8.08. The van der Waals surface area contributed by atoms with Gasteiger partial charge in [0.15, 0.2) is 0 Å². The summed E-state index contributed by atoms with van der Waals surface area (Å²) < 4.78 is 20.2. The molecule has 0 saturated carbocycles. The van der Waals surface area contributed by atoms with Crippen LogP contribution in [0.3, 0.4) is 0 Å². The van der Waals surface area contributed by atoms with Gasteiger partial charge in [0.2, 0.25) is 0 Å². The smallest absolute Gasteiger partial charge is 0.127 e. The lowest BCUT2D eigenvalue weighted by molar-refractivity contribution is -0.0445. The molecule has 3 atom stereocenters. The highest BCUT2D eigenvalue weighted by Gasteiger charge is 2.41. The highest BCUT2D eigenvalue weighted by molar-refractivity contribution is 5.39. The fourth-order valence-corrected chi connectivity index (χ4v) is 4.80. The summed E-state index contributed by atoms with van der Waals surface area (Å²) in [6, 6.07) is 5.27. The van der Waals surface area contributed by atoms with Crippen LogP contribution in [0, 0.1) is 11.7 Å². The van der Waals surface area contributed by atoms with Crippen molar-refractivity contribution in [3.8, 4) is 0 Å². The lowest BCUT2D eigenvalue weighted by Crippen LogP contribution is -2.45. The van der Waals surface area contributed by atoms with Crippen LogP contribution in [0.1, 0.15) is 68.4 Å². The molecule has 1 heterocycles. The molecular formula is C23H34FNO2. The number of benzene rings is 1. The van der Waals surface area contributed by atoms with Crippen molar-refractivity contribution in [2.24, 2.45) is 5.92 Å². The molecule has 1 aromatic carbocycles. The predicted octanol–water partition coefficient (Wildman–Crippen LogP) is 4.65. The highest BCUT2D eigenvalue weighted by Crippen LogP contribution is 2.44. The van der Waals surface area contributed by atoms with Gasteiger partial charge in [0.25, 0.3) is 0 Å². The van der Waals surface area contributed by atoms with Crippen molar-refractivity contribution in [1.82, 2.24) is 5.32 Å². The van der Waals surface area contributed by atoms with Gasteiger partial charge in [-0.3, -0.25) is 0 Å². The number of unbranched alkanes of at least 4 members (excludes halogenated alkanes) is 1. The number of hydrogen-bond acceptors (Lipinski definition) is 3. The van der Waals surface area contributed by atoms with Crippen molar-refractivity contribution in [1.29, 1.82) is 0 Å². The van der Waals surface area contributed by atoms with Crippen molar-refractivity contribution in [2.45, 2.75) is 62.9 Å². The normalized spacial score (nSPS) is 25.3. The third kappa shape index (κ3) is 4.79. The van der Waals surface area contributed by atoms with E-state index >= 15 is 0 Å². The van der Waals surface area contributed by atoms with Gasteiger partial charge in [0.05, 0.1) is 5.60 Å². The van der Waals surface area contributed by atoms with Crippen LogP contribution in [0.4, 0.5) is 4.39 Å². The molecule has 1 aliphatic carbocycles. The molecule has 1 aromatic rings. The Kier molecular flexibility index (Phi) is 7.45. The first-order chi connectivity index (χ1) is 13.2. The Bertz CT molecular complexity index is 627. The predicted molar refractivity (Wildman–Crippen MR) is 107 cm³/mol. The van der Waals surface area contributed by atoms with E-state index < -0.39 is 5.60 Å². The van der Waals surface area contributed by atoms with Crippen molar-refractivity contribution in [3.63, 3.8) is 0 Å². The van der Waals surface area contributed by atoms with Gasteiger partial charge >= 0.3 is 0 Å². The maximum atomic E-state index is 15.0. The molecule has 1 saturated heterocycles. The molecule has 3 rings (SSSR count). The molecule has 2 aliphatic rings. The summed E-state index contributed by atoms with van der Waals surface area (Å²) in [5.41, 5.74) is 0.530. The van der Waals surface area contributed by atoms with Crippen molar-refractivity contribution in [3.05, 3.63) is 47.3 Å². The number of halogens is 1. The molecule has 1 aliphatic heterocycles. The molecule has 0 radical (unpaired) electrons. The zero-order valence-corrected chi connectivity index (χ0v) is 16.6. The minimum atomic E-state index is -0.996. The monoisotopic (exact) mass is 375 g/mol. The molecule has 0 spiro atoms. The summed E-state index contributed by atoms with van der Waals surface area (Å²) in [5, 5.41) is 15.4. The van der Waals surface area contributed by atoms with E-state index in [4.69, 9.17) is 4.74 Å². The Balaban J connectivity index is 1.96. The number of aliphatic hydroxyl groups is 1. The van der Waals surface area contributed by atoms with Crippen LogP contribution in [0.2, 0.25) is 0 Å². The van der Waals surface area contributed by atoms with E-state index in [-0.39, 0.29) is 17.7 Å². The van der Waals surface area contributed by atoms with Crippen LogP contribution in [0.5, 0.6) is 0 Å². The first-order valence-electron chi connectivity index (χ1n) is 10.5. The molecule has 0 bridgehead atoms. The number of methoxy groups -OCH3 is 1. The molecule has 150 valence electrons. The number of allylic oxidation sites excluding steroid dienone is 2. The van der Waals surface area contributed by atoms with E-state index in [0.29, 0.717) is 18.6 Å². The molecule has 0 amide bonds. The molecule has 1 fully saturated rings. The number of ether oxygens (including phenoxy) is 1. The molecule has 2 unspecified atom stereocenters. The second kappa shape index (κ2) is 9.81. The number of piperidine rings is 1. The van der Waals surface area contributed by atoms with Gasteiger partial charge in [-0.05, 0) is 69.5 Å². The van der Waals surface area contributed by atoms with E-state index in [1.807, 2.05) is 6.07 Å². The Labute approximate surface area is 163 Å². The molecule has 0 aromatic heterocycles. The summed E-state index contributed by atoms with van der Waals surface area (Å²) in [7, 11) is 1.71. The Hall–Kier alpha value is -1.23. The zero-order valence-electron chi connectivity index (χ0n) is 16.6. The highest BCUT2D eigenvalue weighted by atomic mass is 19.1. The Morgan fingerprint density at radius 1 is 1.26 bits per heavy atom. The van der Waals surface area contributed by atoms with Crippen molar-refractivity contribution < 1.29 is 14.2 Å². The largest absolute Gasteiger partial charge is 0.385 e. The average Bonchev–Trinajstić information content (AvgIpc) is 2.72. The summed E-state index contributed by atoms with van der Waals surface area (Å²) in [6.45, 7) is 2.48. The molecule has 3 nitrogen and oxygen atoms in total. The Morgan fingerprint density at radius 2 is 2.15 bits per heavy atom. The first-order valence-corrected chi connectivity index (χ1v) is 10.5. The minimum Gasteiger partial charge on any atom is -0.385 e. The topological polar surface area (TPSA) is 41.5 Å². The van der Waals surface area contributed by atoms with E-state index in [1.54, 1.807) is 19.2 Å². The second-order valence-corrected chi connectivity index (χ2v) is 8.08. The first kappa shape index (κ1) is 20.5. The zero-order chi connectivity index (χ0) is 19.1. The van der Waals surface area contributed by atoms with E-state index in [1.165, 1.54) is 0 Å². The van der Waals surface area contributed by atoms with Gasteiger partial charge in [0.1, 0.15) is 5.82 Å². The maximum absolute atomic E-state index is 15.0. The standard InChI is InChI=1S/C23H34FNO2/c1-27-16-6-5-14-23(26,19-11-8-15-25-17-19)20-12-7-13-21(24)22(20)18-9-3-2-4-10-18/h3,7,9,12-13,18-19,25-26H,2,4-6,8,10-11,14-17H2,1H3/t18?,19?,23-/m0/s1. The van der Waals surface area contributed by atoms with E-state index in [2.05, 4.69) is 17.5 Å². The summed E-state index contributed by atoms with van der Waals surface area (Å²) >= 11 is 0. The van der Waals surface area contributed by atoms with E-state index in [0.717, 1.165) is 63.6 Å². The van der Waals surface area contributed by atoms with Crippen LogP contribution in [0.25, 0.3) is 0 Å². The van der Waals surface area contributed by atoms with Gasteiger partial charge in [-0.25, -0.2) is 4.39 Å². The average molecular weight is 376 g/mol. The van der Waals surface area contributed by atoms with Gasteiger partial charge in [-0.1, -0.05) is 24.3 Å². The quantitative estimate of drug-likeness (QED) is 0.513. The molecular weight excluding hydrogens is 341 g/mol. The lowest BCUT2D eigenvalue weighted by atomic mass is 9.71. The fourth-order valence-electron chi connectivity index (χ4n) is 4.80. The summed E-state index contributed by atoms with van der Waals surface area (Å²) in [5.74, 6) is 0.00190. The van der Waals surface area contributed by atoms with Crippen molar-refractivity contribution in [2.75, 3.05) is 26.8 Å². The Morgan fingerprint density at radius 3 is 2.85 bits per heavy atom.